The lowest BCUT2D eigenvalue weighted by molar-refractivity contribution is 0.0966. The Balaban J connectivity index is 2.87. The fraction of sp³-hybridized carbons (Fsp3) is 0.333. The SMILES string of the molecule is CC(C)(C)c1ccc(C(=O)NC(N)=O)cc1. The first-order valence-corrected chi connectivity index (χ1v) is 5.02. The minimum absolute atomic E-state index is 0.0404. The molecule has 0 bridgehead atoms. The first-order valence-electron chi connectivity index (χ1n) is 5.02. The number of rotatable bonds is 1. The van der Waals surface area contributed by atoms with Gasteiger partial charge in [0, 0.05) is 5.56 Å². The van der Waals surface area contributed by atoms with E-state index in [2.05, 4.69) is 20.8 Å². The van der Waals surface area contributed by atoms with Crippen molar-refractivity contribution in [3.63, 3.8) is 0 Å². The van der Waals surface area contributed by atoms with Gasteiger partial charge in [-0.15, -0.1) is 0 Å². The molecule has 0 saturated carbocycles. The minimum atomic E-state index is -0.843. The summed E-state index contributed by atoms with van der Waals surface area (Å²) in [5.74, 6) is -0.479. The van der Waals surface area contributed by atoms with Crippen molar-refractivity contribution in [2.75, 3.05) is 0 Å². The summed E-state index contributed by atoms with van der Waals surface area (Å²) in [6.45, 7) is 6.27. The lowest BCUT2D eigenvalue weighted by Crippen LogP contribution is -2.34. The number of carbonyl (C=O) groups excluding carboxylic acids is 2. The van der Waals surface area contributed by atoms with Crippen LogP contribution >= 0.6 is 0 Å². The highest BCUT2D eigenvalue weighted by molar-refractivity contribution is 6.03. The Morgan fingerprint density at radius 1 is 1.12 bits per heavy atom. The maximum absolute atomic E-state index is 11.4. The molecule has 3 amide bonds. The Morgan fingerprint density at radius 2 is 1.62 bits per heavy atom. The lowest BCUT2D eigenvalue weighted by Gasteiger charge is -2.18. The molecule has 1 aromatic carbocycles. The van der Waals surface area contributed by atoms with Gasteiger partial charge in [0.1, 0.15) is 0 Å². The van der Waals surface area contributed by atoms with Crippen molar-refractivity contribution in [1.82, 2.24) is 5.32 Å². The van der Waals surface area contributed by atoms with E-state index in [1.165, 1.54) is 0 Å². The zero-order chi connectivity index (χ0) is 12.3. The van der Waals surface area contributed by atoms with Crippen LogP contribution in [0.15, 0.2) is 24.3 Å². The average Bonchev–Trinajstić information content (AvgIpc) is 2.15. The highest BCUT2D eigenvalue weighted by Gasteiger charge is 2.14. The second-order valence-corrected chi connectivity index (χ2v) is 4.65. The van der Waals surface area contributed by atoms with Crippen LogP contribution in [-0.2, 0) is 5.41 Å². The summed E-state index contributed by atoms with van der Waals surface area (Å²) in [7, 11) is 0. The lowest BCUT2D eigenvalue weighted by atomic mass is 9.87. The van der Waals surface area contributed by atoms with Crippen molar-refractivity contribution in [2.24, 2.45) is 5.73 Å². The van der Waals surface area contributed by atoms with Crippen LogP contribution in [-0.4, -0.2) is 11.9 Å². The first-order chi connectivity index (χ1) is 7.30. The Hall–Kier alpha value is -1.84. The molecule has 0 atom stereocenters. The Kier molecular flexibility index (Phi) is 3.32. The van der Waals surface area contributed by atoms with Crippen LogP contribution in [0, 0.1) is 0 Å². The van der Waals surface area contributed by atoms with E-state index in [4.69, 9.17) is 5.73 Å². The molecule has 4 heteroatoms. The largest absolute Gasteiger partial charge is 0.351 e. The number of nitrogens with two attached hydrogens (primary N) is 1. The Morgan fingerprint density at radius 3 is 2.00 bits per heavy atom. The zero-order valence-electron chi connectivity index (χ0n) is 9.70. The molecule has 0 aromatic heterocycles. The fourth-order valence-electron chi connectivity index (χ4n) is 1.31. The second kappa shape index (κ2) is 4.35. The van der Waals surface area contributed by atoms with Gasteiger partial charge < -0.3 is 5.73 Å². The van der Waals surface area contributed by atoms with Crippen molar-refractivity contribution >= 4 is 11.9 Å². The molecule has 0 fully saturated rings. The van der Waals surface area contributed by atoms with Gasteiger partial charge in [0.15, 0.2) is 0 Å². The van der Waals surface area contributed by atoms with Crippen molar-refractivity contribution in [2.45, 2.75) is 26.2 Å². The summed E-state index contributed by atoms with van der Waals surface area (Å²) < 4.78 is 0. The summed E-state index contributed by atoms with van der Waals surface area (Å²) in [5, 5.41) is 2.02. The van der Waals surface area contributed by atoms with Crippen LogP contribution in [0.25, 0.3) is 0 Å². The van der Waals surface area contributed by atoms with Crippen LogP contribution in [0.4, 0.5) is 4.79 Å². The molecular weight excluding hydrogens is 204 g/mol. The van der Waals surface area contributed by atoms with Gasteiger partial charge in [-0.05, 0) is 23.1 Å². The third-order valence-corrected chi connectivity index (χ3v) is 2.25. The molecule has 16 heavy (non-hydrogen) atoms. The molecule has 1 aromatic rings. The van der Waals surface area contributed by atoms with E-state index in [0.717, 1.165) is 5.56 Å². The summed E-state index contributed by atoms with van der Waals surface area (Å²) in [5.41, 5.74) is 6.45. The van der Waals surface area contributed by atoms with Crippen LogP contribution in [0.3, 0.4) is 0 Å². The predicted molar refractivity (Wildman–Crippen MR) is 62.2 cm³/mol. The number of hydrogen-bond donors (Lipinski definition) is 2. The number of carbonyl (C=O) groups is 2. The van der Waals surface area contributed by atoms with Gasteiger partial charge in [-0.25, -0.2) is 4.79 Å². The topological polar surface area (TPSA) is 72.2 Å². The van der Waals surface area contributed by atoms with E-state index in [0.29, 0.717) is 5.56 Å². The summed E-state index contributed by atoms with van der Waals surface area (Å²) in [4.78, 5) is 21.9. The minimum Gasteiger partial charge on any atom is -0.351 e. The van der Waals surface area contributed by atoms with E-state index < -0.39 is 11.9 Å². The maximum atomic E-state index is 11.4. The normalized spacial score (nSPS) is 10.9. The van der Waals surface area contributed by atoms with Crippen molar-refractivity contribution in [3.8, 4) is 0 Å². The summed E-state index contributed by atoms with van der Waals surface area (Å²) >= 11 is 0. The molecule has 0 saturated heterocycles. The maximum Gasteiger partial charge on any atom is 0.319 e. The van der Waals surface area contributed by atoms with Crippen LogP contribution in [0.5, 0.6) is 0 Å². The molecule has 0 aliphatic carbocycles. The number of benzene rings is 1. The fourth-order valence-corrected chi connectivity index (χ4v) is 1.31. The Labute approximate surface area is 94.8 Å². The number of nitrogens with one attached hydrogen (secondary N) is 1. The van der Waals surface area contributed by atoms with Crippen molar-refractivity contribution in [1.29, 1.82) is 0 Å². The van der Waals surface area contributed by atoms with Gasteiger partial charge in [-0.3, -0.25) is 10.1 Å². The molecule has 0 unspecified atom stereocenters. The molecule has 86 valence electrons. The van der Waals surface area contributed by atoms with Gasteiger partial charge >= 0.3 is 6.03 Å². The van der Waals surface area contributed by atoms with E-state index in [1.54, 1.807) is 12.1 Å². The van der Waals surface area contributed by atoms with Crippen LogP contribution < -0.4 is 11.1 Å². The number of urea groups is 1. The summed E-state index contributed by atoms with van der Waals surface area (Å²) in [6, 6.07) is 6.26. The number of primary amides is 1. The van der Waals surface area contributed by atoms with Crippen molar-refractivity contribution < 1.29 is 9.59 Å². The van der Waals surface area contributed by atoms with Gasteiger partial charge in [0.05, 0.1) is 0 Å². The van der Waals surface area contributed by atoms with E-state index >= 15 is 0 Å². The van der Waals surface area contributed by atoms with E-state index in [9.17, 15) is 9.59 Å². The number of amides is 3. The Bertz CT molecular complexity index is 402. The highest BCUT2D eigenvalue weighted by atomic mass is 16.2. The molecule has 0 aliphatic heterocycles. The monoisotopic (exact) mass is 220 g/mol. The van der Waals surface area contributed by atoms with Gasteiger partial charge in [0.25, 0.3) is 5.91 Å². The van der Waals surface area contributed by atoms with Gasteiger partial charge in [0.2, 0.25) is 0 Å². The van der Waals surface area contributed by atoms with E-state index in [1.807, 2.05) is 17.4 Å². The van der Waals surface area contributed by atoms with Crippen molar-refractivity contribution in [3.05, 3.63) is 35.4 Å². The number of imide groups is 1. The predicted octanol–water partition coefficient (Wildman–Crippen LogP) is 1.79. The molecule has 0 spiro atoms. The molecule has 3 N–H and O–H groups in total. The molecule has 0 aliphatic rings. The molecule has 0 radical (unpaired) electrons. The molecule has 1 rings (SSSR count). The number of hydrogen-bond acceptors (Lipinski definition) is 2. The molecule has 4 nitrogen and oxygen atoms in total. The third kappa shape index (κ3) is 3.08. The zero-order valence-corrected chi connectivity index (χ0v) is 9.70. The van der Waals surface area contributed by atoms with Crippen LogP contribution in [0.2, 0.25) is 0 Å². The van der Waals surface area contributed by atoms with Gasteiger partial charge in [-0.1, -0.05) is 32.9 Å². The average molecular weight is 220 g/mol. The third-order valence-electron chi connectivity index (χ3n) is 2.25. The standard InChI is InChI=1S/C12H16N2O2/c1-12(2,3)9-6-4-8(5-7-9)10(15)14-11(13)16/h4-7H,1-3H3,(H3,13,14,15,16). The van der Waals surface area contributed by atoms with E-state index in [-0.39, 0.29) is 5.41 Å². The molecular formula is C12H16N2O2. The smallest absolute Gasteiger partial charge is 0.319 e. The quantitative estimate of drug-likeness (QED) is 0.757. The first kappa shape index (κ1) is 12.2. The highest BCUT2D eigenvalue weighted by Crippen LogP contribution is 2.22. The second-order valence-electron chi connectivity index (χ2n) is 4.65. The van der Waals surface area contributed by atoms with Gasteiger partial charge in [-0.2, -0.15) is 0 Å². The van der Waals surface area contributed by atoms with Crippen LogP contribution in [0.1, 0.15) is 36.7 Å². The summed E-state index contributed by atoms with van der Waals surface area (Å²) in [6.07, 6.45) is 0. The molecule has 0 heterocycles.